The smallest absolute Gasteiger partial charge is 0.0431 e. The van der Waals surface area contributed by atoms with Gasteiger partial charge in [-0.05, 0) is 57.1 Å². The van der Waals surface area contributed by atoms with Crippen LogP contribution < -0.4 is 0 Å². The Morgan fingerprint density at radius 2 is 1.09 bits per heavy atom. The van der Waals surface area contributed by atoms with Gasteiger partial charge >= 0.3 is 0 Å². The fourth-order valence-electron chi connectivity index (χ4n) is 3.55. The number of unbranched alkanes of at least 4 members (excludes halogenated alkanes) is 1. The van der Waals surface area contributed by atoms with Crippen molar-refractivity contribution in [3.8, 4) is 0 Å². The van der Waals surface area contributed by atoms with E-state index in [-0.39, 0.29) is 6.61 Å². The molecule has 0 aliphatic heterocycles. The lowest BCUT2D eigenvalue weighted by Crippen LogP contribution is -1.90. The van der Waals surface area contributed by atoms with E-state index in [1.165, 1.54) is 37.9 Å². The molecule has 114 valence electrons. The van der Waals surface area contributed by atoms with Crippen LogP contribution in [0.3, 0.4) is 0 Å². The molecular weight excluding hydrogens is 280 g/mol. The second-order valence-corrected chi connectivity index (χ2v) is 6.15. The van der Waals surface area contributed by atoms with Gasteiger partial charge < -0.3 is 5.11 Å². The molecule has 0 saturated heterocycles. The molecule has 1 heteroatoms. The van der Waals surface area contributed by atoms with Crippen molar-refractivity contribution in [1.82, 2.24) is 0 Å². The molecule has 0 saturated carbocycles. The molecule has 0 unspecified atom stereocenters. The summed E-state index contributed by atoms with van der Waals surface area (Å²) >= 11 is 0. The molecule has 0 heterocycles. The molecule has 1 N–H and O–H groups in total. The fraction of sp³-hybridized carbons (Fsp3) is 0.182. The van der Waals surface area contributed by atoms with Crippen LogP contribution in [0, 0.1) is 0 Å². The summed E-state index contributed by atoms with van der Waals surface area (Å²) in [7, 11) is 0. The van der Waals surface area contributed by atoms with E-state index in [4.69, 9.17) is 5.11 Å². The second-order valence-electron chi connectivity index (χ2n) is 6.15. The van der Waals surface area contributed by atoms with Crippen LogP contribution in [-0.2, 0) is 6.42 Å². The van der Waals surface area contributed by atoms with E-state index >= 15 is 0 Å². The highest BCUT2D eigenvalue weighted by atomic mass is 16.2. The van der Waals surface area contributed by atoms with Gasteiger partial charge in [0.1, 0.15) is 0 Å². The molecule has 23 heavy (non-hydrogen) atoms. The van der Waals surface area contributed by atoms with Crippen molar-refractivity contribution in [2.75, 3.05) is 6.61 Å². The van der Waals surface area contributed by atoms with Crippen molar-refractivity contribution in [2.24, 2.45) is 0 Å². The molecule has 0 spiro atoms. The van der Waals surface area contributed by atoms with E-state index in [9.17, 15) is 0 Å². The summed E-state index contributed by atoms with van der Waals surface area (Å²) < 4.78 is 0. The monoisotopic (exact) mass is 300 g/mol. The minimum Gasteiger partial charge on any atom is -0.396 e. The van der Waals surface area contributed by atoms with Gasteiger partial charge in [0.2, 0.25) is 0 Å². The Bertz CT molecular complexity index is 950. The van der Waals surface area contributed by atoms with Crippen molar-refractivity contribution >= 4 is 32.3 Å². The third-order valence-corrected chi connectivity index (χ3v) is 4.68. The minimum absolute atomic E-state index is 0.279. The lowest BCUT2D eigenvalue weighted by Gasteiger charge is -2.11. The van der Waals surface area contributed by atoms with Crippen LogP contribution in [-0.4, -0.2) is 11.7 Å². The Labute approximate surface area is 136 Å². The summed E-state index contributed by atoms with van der Waals surface area (Å²) in [5, 5.41) is 16.9. The quantitative estimate of drug-likeness (QED) is 0.392. The highest BCUT2D eigenvalue weighted by molar-refractivity contribution is 6.25. The predicted molar refractivity (Wildman–Crippen MR) is 99.0 cm³/mol. The van der Waals surface area contributed by atoms with Crippen LogP contribution in [0.4, 0.5) is 0 Å². The van der Waals surface area contributed by atoms with Crippen LogP contribution in [0.1, 0.15) is 18.4 Å². The van der Waals surface area contributed by atoms with Crippen LogP contribution in [0.15, 0.2) is 66.7 Å². The number of rotatable bonds is 4. The first kappa shape index (κ1) is 14.2. The zero-order valence-electron chi connectivity index (χ0n) is 13.1. The highest BCUT2D eigenvalue weighted by Gasteiger charge is 2.08. The Hall–Kier alpha value is -2.38. The van der Waals surface area contributed by atoms with Gasteiger partial charge in [0.25, 0.3) is 0 Å². The maximum Gasteiger partial charge on any atom is 0.0431 e. The van der Waals surface area contributed by atoms with Crippen LogP contribution in [0.2, 0.25) is 0 Å². The third-order valence-electron chi connectivity index (χ3n) is 4.68. The highest BCUT2D eigenvalue weighted by Crippen LogP contribution is 2.35. The van der Waals surface area contributed by atoms with Crippen molar-refractivity contribution in [3.63, 3.8) is 0 Å². The molecule has 0 aromatic heterocycles. The maximum atomic E-state index is 8.98. The number of hydrogen-bond donors (Lipinski definition) is 1. The van der Waals surface area contributed by atoms with Gasteiger partial charge in [-0.15, -0.1) is 0 Å². The average molecular weight is 300 g/mol. The average Bonchev–Trinajstić information content (AvgIpc) is 2.62. The molecule has 4 aromatic rings. The Morgan fingerprint density at radius 1 is 0.565 bits per heavy atom. The summed E-state index contributed by atoms with van der Waals surface area (Å²) in [6, 6.07) is 24.2. The minimum atomic E-state index is 0.279. The van der Waals surface area contributed by atoms with Gasteiger partial charge in [0.15, 0.2) is 0 Å². The van der Waals surface area contributed by atoms with Crippen molar-refractivity contribution in [3.05, 3.63) is 72.3 Å². The third kappa shape index (κ3) is 2.47. The summed E-state index contributed by atoms with van der Waals surface area (Å²) in [6.07, 6.45) is 2.93. The van der Waals surface area contributed by atoms with Gasteiger partial charge in [-0.3, -0.25) is 0 Å². The number of fused-ring (bicyclic) bond motifs is 6. The van der Waals surface area contributed by atoms with Gasteiger partial charge in [-0.25, -0.2) is 0 Å². The van der Waals surface area contributed by atoms with Crippen LogP contribution in [0.5, 0.6) is 0 Å². The molecule has 0 aliphatic rings. The molecule has 0 bridgehead atoms. The first-order valence-electron chi connectivity index (χ1n) is 8.31. The number of aliphatic hydroxyl groups excluding tert-OH is 1. The molecular formula is C22H20O. The van der Waals surface area contributed by atoms with Gasteiger partial charge in [0, 0.05) is 6.61 Å². The van der Waals surface area contributed by atoms with Gasteiger partial charge in [-0.2, -0.15) is 0 Å². The van der Waals surface area contributed by atoms with E-state index in [0.29, 0.717) is 0 Å². The van der Waals surface area contributed by atoms with Crippen molar-refractivity contribution in [2.45, 2.75) is 19.3 Å². The van der Waals surface area contributed by atoms with E-state index in [0.717, 1.165) is 19.3 Å². The molecule has 0 radical (unpaired) electrons. The summed E-state index contributed by atoms with van der Waals surface area (Å²) in [5.41, 5.74) is 1.35. The summed E-state index contributed by atoms with van der Waals surface area (Å²) in [5.74, 6) is 0. The standard InChI is InChI=1S/C22H20O/c23-14-6-5-7-16-12-13-21-19-10-2-1-8-17(19)18-9-3-4-11-20(18)22(21)15-16/h1-4,8-13,15,23H,5-7,14H2. The maximum absolute atomic E-state index is 8.98. The topological polar surface area (TPSA) is 20.2 Å². The fourth-order valence-corrected chi connectivity index (χ4v) is 3.55. The van der Waals surface area contributed by atoms with E-state index in [2.05, 4.69) is 66.7 Å². The molecule has 4 rings (SSSR count). The SMILES string of the molecule is OCCCCc1ccc2c3ccccc3c3ccccc3c2c1. The second kappa shape index (κ2) is 6.02. The largest absolute Gasteiger partial charge is 0.396 e. The zero-order chi connectivity index (χ0) is 15.6. The lowest BCUT2D eigenvalue weighted by atomic mass is 9.92. The molecule has 0 aliphatic carbocycles. The lowest BCUT2D eigenvalue weighted by molar-refractivity contribution is 0.284. The van der Waals surface area contributed by atoms with Crippen molar-refractivity contribution in [1.29, 1.82) is 0 Å². The molecule has 0 fully saturated rings. The van der Waals surface area contributed by atoms with Crippen LogP contribution in [0.25, 0.3) is 32.3 Å². The zero-order valence-corrected chi connectivity index (χ0v) is 13.1. The Morgan fingerprint density at radius 3 is 1.65 bits per heavy atom. The Kier molecular flexibility index (Phi) is 3.72. The predicted octanol–water partition coefficient (Wildman–Crippen LogP) is 5.46. The van der Waals surface area contributed by atoms with Crippen LogP contribution >= 0.6 is 0 Å². The normalized spacial score (nSPS) is 11.5. The van der Waals surface area contributed by atoms with Gasteiger partial charge in [0.05, 0.1) is 0 Å². The van der Waals surface area contributed by atoms with Crippen molar-refractivity contribution < 1.29 is 5.11 Å². The molecule has 0 atom stereocenters. The summed E-state index contributed by atoms with van der Waals surface area (Å²) in [6.45, 7) is 0.279. The van der Waals surface area contributed by atoms with E-state index < -0.39 is 0 Å². The molecule has 4 aromatic carbocycles. The molecule has 1 nitrogen and oxygen atoms in total. The summed E-state index contributed by atoms with van der Waals surface area (Å²) in [4.78, 5) is 0. The number of benzene rings is 4. The molecule has 0 amide bonds. The van der Waals surface area contributed by atoms with Gasteiger partial charge in [-0.1, -0.05) is 66.7 Å². The van der Waals surface area contributed by atoms with E-state index in [1.54, 1.807) is 0 Å². The number of aryl methyl sites for hydroxylation is 1. The first-order valence-corrected chi connectivity index (χ1v) is 8.31. The Balaban J connectivity index is 2.01. The number of hydrogen-bond acceptors (Lipinski definition) is 1. The first-order chi connectivity index (χ1) is 11.4. The number of aliphatic hydroxyl groups is 1. The van der Waals surface area contributed by atoms with E-state index in [1.807, 2.05) is 0 Å².